The Bertz CT molecular complexity index is 792. The Labute approximate surface area is 123 Å². The van der Waals surface area contributed by atoms with Gasteiger partial charge in [-0.1, -0.05) is 44.9 Å². The average Bonchev–Trinajstić information content (AvgIpc) is 2.96. The first-order chi connectivity index (χ1) is 9.63. The summed E-state index contributed by atoms with van der Waals surface area (Å²) in [6.07, 6.45) is 0. The number of hydrogen-bond donors (Lipinski definition) is 1. The Morgan fingerprint density at radius 1 is 1.40 bits per heavy atom. The number of methoxy groups -OCH3 is 1. The number of carbonyl (C=O) groups excluding carboxylic acids is 1. The number of halogens is 1. The van der Waals surface area contributed by atoms with Gasteiger partial charge in [-0.05, 0) is 10.7 Å². The highest BCUT2D eigenvalue weighted by Crippen LogP contribution is 2.35. The number of carbonyl (C=O) groups is 1. The van der Waals surface area contributed by atoms with Crippen LogP contribution in [0.2, 0.25) is 0 Å². The summed E-state index contributed by atoms with van der Waals surface area (Å²) in [4.78, 5) is 13.7. The van der Waals surface area contributed by atoms with E-state index in [-0.39, 0.29) is 0 Å². The number of aryl methyl sites for hydroxylation is 1. The molecule has 102 valence electrons. The number of aromatic nitrogens is 4. The molecular weight excluding hydrogens is 324 g/mol. The number of nitrogens with zero attached hydrogens (tertiary/aromatic N) is 3. The van der Waals surface area contributed by atoms with Crippen LogP contribution in [0.15, 0.2) is 34.9 Å². The molecule has 0 aliphatic rings. The van der Waals surface area contributed by atoms with E-state index in [9.17, 15) is 4.79 Å². The van der Waals surface area contributed by atoms with Crippen molar-refractivity contribution in [2.45, 2.75) is 0 Å². The molecule has 2 aromatic heterocycles. The minimum absolute atomic E-state index is 0.417. The lowest BCUT2D eigenvalue weighted by molar-refractivity contribution is -0.783. The third-order valence-electron chi connectivity index (χ3n) is 3.03. The first-order valence-electron chi connectivity index (χ1n) is 5.93. The van der Waals surface area contributed by atoms with Gasteiger partial charge in [-0.2, -0.15) is 0 Å². The zero-order valence-corrected chi connectivity index (χ0v) is 12.5. The third kappa shape index (κ3) is 1.82. The van der Waals surface area contributed by atoms with Crippen LogP contribution in [0.5, 0.6) is 0 Å². The maximum atomic E-state index is 12.1. The maximum absolute atomic E-state index is 12.1. The molecule has 0 aliphatic carbocycles. The number of H-pyrrole nitrogens is 1. The molecule has 2 heterocycles. The van der Waals surface area contributed by atoms with Crippen LogP contribution in [-0.2, 0) is 11.8 Å². The number of fused-ring (bicyclic) bond motifs is 1. The molecule has 0 saturated carbocycles. The van der Waals surface area contributed by atoms with Crippen LogP contribution in [0.1, 0.15) is 10.4 Å². The molecule has 0 radical (unpaired) electrons. The molecule has 0 fully saturated rings. The fraction of sp³-hybridized carbons (Fsp3) is 0.154. The van der Waals surface area contributed by atoms with Crippen LogP contribution in [0.25, 0.3) is 16.8 Å². The summed E-state index contributed by atoms with van der Waals surface area (Å²) in [7, 11) is 3.11. The van der Waals surface area contributed by atoms with Gasteiger partial charge in [-0.15, -0.1) is 0 Å². The number of ether oxygens (including phenoxy) is 1. The highest BCUT2D eigenvalue weighted by Gasteiger charge is 2.31. The largest absolute Gasteiger partial charge is 0.465 e. The molecule has 3 rings (SSSR count). The monoisotopic (exact) mass is 335 g/mol. The number of aromatic amines is 1. The van der Waals surface area contributed by atoms with Gasteiger partial charge < -0.3 is 4.74 Å². The van der Waals surface area contributed by atoms with Crippen LogP contribution in [-0.4, -0.2) is 27.9 Å². The summed E-state index contributed by atoms with van der Waals surface area (Å²) < 4.78 is 7.32. The zero-order valence-electron chi connectivity index (χ0n) is 10.9. The molecule has 20 heavy (non-hydrogen) atoms. The molecule has 0 atom stereocenters. The predicted octanol–water partition coefficient (Wildman–Crippen LogP) is 1.70. The molecule has 0 aliphatic heterocycles. The number of hydrogen-bond acceptors (Lipinski definition) is 3. The summed E-state index contributed by atoms with van der Waals surface area (Å²) in [6, 6.07) is 9.64. The second-order valence-electron chi connectivity index (χ2n) is 4.28. The first kappa shape index (κ1) is 12.9. The standard InChI is InChI=1S/C13H11BrN4O2/c1-17-15-12-10(13(19)20-2)9(11(14)18(12)16-17)8-6-4-3-5-7-8/h3-7H,1-2H3/p+1. The van der Waals surface area contributed by atoms with E-state index in [1.165, 1.54) is 11.9 Å². The molecule has 0 unspecified atom stereocenters. The normalized spacial score (nSPS) is 10.9. The summed E-state index contributed by atoms with van der Waals surface area (Å²) in [5.41, 5.74) is 2.63. The fourth-order valence-corrected chi connectivity index (χ4v) is 2.86. The molecular formula is C13H12BrN4O2+. The van der Waals surface area contributed by atoms with Crippen LogP contribution >= 0.6 is 15.9 Å². The number of esters is 1. The Kier molecular flexibility index (Phi) is 3.06. The van der Waals surface area contributed by atoms with Crippen LogP contribution < -0.4 is 4.80 Å². The topological polar surface area (TPSA) is 63.3 Å². The van der Waals surface area contributed by atoms with Crippen LogP contribution in [0.3, 0.4) is 0 Å². The molecule has 6 nitrogen and oxygen atoms in total. The van der Waals surface area contributed by atoms with Crippen molar-refractivity contribution in [3.8, 4) is 11.1 Å². The number of benzene rings is 1. The van der Waals surface area contributed by atoms with Crippen molar-refractivity contribution in [2.24, 2.45) is 7.05 Å². The molecule has 0 spiro atoms. The molecule has 0 saturated heterocycles. The first-order valence-corrected chi connectivity index (χ1v) is 6.72. The third-order valence-corrected chi connectivity index (χ3v) is 3.78. The predicted molar refractivity (Wildman–Crippen MR) is 75.2 cm³/mol. The van der Waals surface area contributed by atoms with Crippen molar-refractivity contribution in [3.63, 3.8) is 0 Å². The lowest BCUT2D eigenvalue weighted by atomic mass is 10.0. The van der Waals surface area contributed by atoms with Crippen LogP contribution in [0.4, 0.5) is 0 Å². The summed E-state index contributed by atoms with van der Waals surface area (Å²) in [6.45, 7) is 0. The summed E-state index contributed by atoms with van der Waals surface area (Å²) in [5, 5.41) is 7.29. The minimum Gasteiger partial charge on any atom is -0.465 e. The van der Waals surface area contributed by atoms with E-state index in [1.807, 2.05) is 30.3 Å². The van der Waals surface area contributed by atoms with E-state index < -0.39 is 5.97 Å². The Morgan fingerprint density at radius 2 is 2.10 bits per heavy atom. The van der Waals surface area contributed by atoms with Crippen molar-refractivity contribution in [1.29, 1.82) is 0 Å². The van der Waals surface area contributed by atoms with Gasteiger partial charge in [0.05, 0.1) is 12.7 Å². The van der Waals surface area contributed by atoms with Gasteiger partial charge in [0, 0.05) is 15.9 Å². The number of rotatable bonds is 2. The Hall–Kier alpha value is -2.15. The maximum Gasteiger partial charge on any atom is 0.345 e. The van der Waals surface area contributed by atoms with Gasteiger partial charge in [0.2, 0.25) is 4.60 Å². The fourth-order valence-electron chi connectivity index (χ4n) is 2.19. The quantitative estimate of drug-likeness (QED) is 0.572. The summed E-state index contributed by atoms with van der Waals surface area (Å²) >= 11 is 3.52. The SMILES string of the molecule is COC(=O)c1c(-c2ccccc2)c(Br)n2[nH][n+](C)nc12. The van der Waals surface area contributed by atoms with Crippen molar-refractivity contribution >= 4 is 27.5 Å². The van der Waals surface area contributed by atoms with Crippen molar-refractivity contribution < 1.29 is 14.3 Å². The average molecular weight is 336 g/mol. The molecule has 0 amide bonds. The molecule has 1 N–H and O–H groups in total. The van der Waals surface area contributed by atoms with E-state index in [2.05, 4.69) is 26.2 Å². The highest BCUT2D eigenvalue weighted by molar-refractivity contribution is 9.10. The number of tetrazole rings is 1. The van der Waals surface area contributed by atoms with E-state index in [0.29, 0.717) is 11.2 Å². The zero-order chi connectivity index (χ0) is 14.3. The highest BCUT2D eigenvalue weighted by atomic mass is 79.9. The number of nitrogens with one attached hydrogen (secondary N) is 1. The molecule has 7 heteroatoms. The Morgan fingerprint density at radius 3 is 2.75 bits per heavy atom. The van der Waals surface area contributed by atoms with Crippen molar-refractivity contribution in [1.82, 2.24) is 14.8 Å². The van der Waals surface area contributed by atoms with Gasteiger partial charge in [-0.25, -0.2) is 4.79 Å². The van der Waals surface area contributed by atoms with E-state index in [0.717, 1.165) is 15.7 Å². The minimum atomic E-state index is -0.417. The molecule has 0 bridgehead atoms. The lowest BCUT2D eigenvalue weighted by Crippen LogP contribution is -2.34. The second kappa shape index (κ2) is 4.75. The van der Waals surface area contributed by atoms with Gasteiger partial charge in [0.25, 0.3) is 0 Å². The van der Waals surface area contributed by atoms with Crippen molar-refractivity contribution in [3.05, 3.63) is 40.5 Å². The second-order valence-corrected chi connectivity index (χ2v) is 5.03. The molecule has 1 aromatic carbocycles. The molecule has 3 aromatic rings. The Balaban J connectivity index is 2.38. The summed E-state index contributed by atoms with van der Waals surface area (Å²) in [5.74, 6) is -0.417. The van der Waals surface area contributed by atoms with Gasteiger partial charge >= 0.3 is 11.6 Å². The van der Waals surface area contributed by atoms with Crippen LogP contribution in [0, 0.1) is 0 Å². The van der Waals surface area contributed by atoms with Gasteiger partial charge in [0.1, 0.15) is 12.6 Å². The van der Waals surface area contributed by atoms with Gasteiger partial charge in [-0.3, -0.25) is 0 Å². The van der Waals surface area contributed by atoms with E-state index >= 15 is 0 Å². The smallest absolute Gasteiger partial charge is 0.345 e. The lowest BCUT2D eigenvalue weighted by Gasteiger charge is -2.01. The van der Waals surface area contributed by atoms with Crippen molar-refractivity contribution in [2.75, 3.05) is 7.11 Å². The van der Waals surface area contributed by atoms with E-state index in [1.54, 1.807) is 11.6 Å². The van der Waals surface area contributed by atoms with Gasteiger partial charge in [0.15, 0.2) is 0 Å². The van der Waals surface area contributed by atoms with E-state index in [4.69, 9.17) is 4.74 Å².